The smallest absolute Gasteiger partial charge is 0.319 e. The van der Waals surface area contributed by atoms with Gasteiger partial charge in [0.1, 0.15) is 11.9 Å². The maximum absolute atomic E-state index is 12.5. The number of hydrogen-bond donors (Lipinski definition) is 2. The van der Waals surface area contributed by atoms with E-state index in [0.717, 1.165) is 16.9 Å². The van der Waals surface area contributed by atoms with Gasteiger partial charge in [0.2, 0.25) is 0 Å². The van der Waals surface area contributed by atoms with Crippen LogP contribution in [0.3, 0.4) is 0 Å². The Labute approximate surface area is 141 Å². The molecule has 24 heavy (non-hydrogen) atoms. The van der Waals surface area contributed by atoms with Crippen LogP contribution in [-0.4, -0.2) is 55.3 Å². The molecule has 0 radical (unpaired) electrons. The molecule has 1 aromatic rings. The first-order chi connectivity index (χ1) is 11.3. The Kier molecular flexibility index (Phi) is 4.03. The normalized spacial score (nSPS) is 29.7. The molecule has 4 atom stereocenters. The van der Waals surface area contributed by atoms with Gasteiger partial charge in [0.05, 0.1) is 13.2 Å². The lowest BCUT2D eigenvalue weighted by Crippen LogP contribution is -2.71. The number of carbonyl (C=O) groups is 2. The third-order valence-corrected chi connectivity index (χ3v) is 5.11. The molecule has 2 aliphatic rings. The first kappa shape index (κ1) is 16.4. The summed E-state index contributed by atoms with van der Waals surface area (Å²) < 4.78 is 5.57. The highest BCUT2D eigenvalue weighted by Crippen LogP contribution is 2.41. The van der Waals surface area contributed by atoms with E-state index in [1.54, 1.807) is 31.0 Å². The highest BCUT2D eigenvalue weighted by molar-refractivity contribution is 5.80. The van der Waals surface area contributed by atoms with Crippen LogP contribution in [0, 0.1) is 12.8 Å². The Morgan fingerprint density at radius 3 is 2.42 bits per heavy atom. The average molecular weight is 332 g/mol. The van der Waals surface area contributed by atoms with Crippen LogP contribution in [0.1, 0.15) is 24.1 Å². The lowest BCUT2D eigenvalue weighted by molar-refractivity contribution is 0.0241. The number of nitrogens with one attached hydrogen (secondary N) is 2. The van der Waals surface area contributed by atoms with Gasteiger partial charge in [-0.1, -0.05) is 12.1 Å². The van der Waals surface area contributed by atoms with Crippen molar-refractivity contribution in [3.05, 3.63) is 29.3 Å². The van der Waals surface area contributed by atoms with Crippen molar-refractivity contribution in [2.24, 2.45) is 5.92 Å². The predicted octanol–water partition coefficient (Wildman–Crippen LogP) is 1.69. The van der Waals surface area contributed by atoms with Crippen LogP contribution in [0.15, 0.2) is 18.2 Å². The second-order valence-corrected chi connectivity index (χ2v) is 6.62. The van der Waals surface area contributed by atoms with Gasteiger partial charge in [-0.3, -0.25) is 0 Å². The number of rotatable bonds is 2. The third kappa shape index (κ3) is 2.44. The number of hydrogen-bond acceptors (Lipinski definition) is 3. The van der Waals surface area contributed by atoms with Gasteiger partial charge in [-0.05, 0) is 25.5 Å². The fraction of sp³-hybridized carbons (Fsp3) is 0.529. The van der Waals surface area contributed by atoms with Gasteiger partial charge in [-0.2, -0.15) is 0 Å². The summed E-state index contributed by atoms with van der Waals surface area (Å²) in [6.07, 6.45) is -0.353. The fourth-order valence-corrected chi connectivity index (χ4v) is 3.78. The van der Waals surface area contributed by atoms with Crippen LogP contribution in [0.25, 0.3) is 0 Å². The predicted molar refractivity (Wildman–Crippen MR) is 89.8 cm³/mol. The van der Waals surface area contributed by atoms with Gasteiger partial charge >= 0.3 is 12.1 Å². The van der Waals surface area contributed by atoms with E-state index in [1.807, 2.05) is 32.0 Å². The highest BCUT2D eigenvalue weighted by Gasteiger charge is 2.50. The van der Waals surface area contributed by atoms with Crippen molar-refractivity contribution in [1.29, 1.82) is 0 Å². The molecule has 7 nitrogen and oxygen atoms in total. The molecule has 0 aliphatic carbocycles. The maximum atomic E-state index is 12.5. The lowest BCUT2D eigenvalue weighted by Gasteiger charge is -2.52. The zero-order valence-corrected chi connectivity index (χ0v) is 14.7. The van der Waals surface area contributed by atoms with Gasteiger partial charge in [-0.15, -0.1) is 0 Å². The third-order valence-electron chi connectivity index (χ3n) is 5.11. The van der Waals surface area contributed by atoms with Gasteiger partial charge in [-0.25, -0.2) is 9.59 Å². The van der Waals surface area contributed by atoms with Crippen molar-refractivity contribution in [1.82, 2.24) is 20.4 Å². The first-order valence-corrected chi connectivity index (χ1v) is 8.06. The minimum Gasteiger partial charge on any atom is -0.496 e. The minimum absolute atomic E-state index is 0.00740. The van der Waals surface area contributed by atoms with Crippen molar-refractivity contribution >= 4 is 12.1 Å². The molecule has 130 valence electrons. The summed E-state index contributed by atoms with van der Waals surface area (Å²) in [6.45, 7) is 3.98. The van der Waals surface area contributed by atoms with E-state index in [1.165, 1.54) is 0 Å². The molecule has 3 rings (SSSR count). The van der Waals surface area contributed by atoms with Crippen LogP contribution in [-0.2, 0) is 0 Å². The second kappa shape index (κ2) is 5.89. The average Bonchev–Trinajstić information content (AvgIpc) is 2.54. The van der Waals surface area contributed by atoms with Crippen molar-refractivity contribution in [2.75, 3.05) is 21.2 Å². The molecule has 0 saturated carbocycles. The van der Waals surface area contributed by atoms with Gasteiger partial charge < -0.3 is 25.2 Å². The van der Waals surface area contributed by atoms with Gasteiger partial charge in [0.15, 0.2) is 0 Å². The number of amides is 4. The summed E-state index contributed by atoms with van der Waals surface area (Å²) in [6, 6.07) is 5.34. The maximum Gasteiger partial charge on any atom is 0.319 e. The molecule has 2 saturated heterocycles. The Morgan fingerprint density at radius 1 is 1.08 bits per heavy atom. The van der Waals surface area contributed by atoms with Crippen molar-refractivity contribution in [2.45, 2.75) is 32.1 Å². The Morgan fingerprint density at radius 2 is 1.75 bits per heavy atom. The monoisotopic (exact) mass is 332 g/mol. The molecule has 0 aromatic heterocycles. The van der Waals surface area contributed by atoms with E-state index in [2.05, 4.69) is 10.6 Å². The lowest BCUT2D eigenvalue weighted by atomic mass is 9.80. The van der Waals surface area contributed by atoms with Crippen LogP contribution in [0.4, 0.5) is 9.59 Å². The first-order valence-electron chi connectivity index (χ1n) is 8.06. The number of urea groups is 2. The Balaban J connectivity index is 2.10. The van der Waals surface area contributed by atoms with Crippen LogP contribution < -0.4 is 15.4 Å². The Hall–Kier alpha value is -2.44. The number of benzene rings is 1. The zero-order valence-electron chi connectivity index (χ0n) is 14.7. The fourth-order valence-electron chi connectivity index (χ4n) is 3.78. The van der Waals surface area contributed by atoms with E-state index >= 15 is 0 Å². The van der Waals surface area contributed by atoms with E-state index in [4.69, 9.17) is 4.74 Å². The number of methoxy groups -OCH3 is 1. The van der Waals surface area contributed by atoms with Crippen LogP contribution in [0.5, 0.6) is 5.75 Å². The van der Waals surface area contributed by atoms with E-state index in [-0.39, 0.29) is 36.2 Å². The number of nitrogens with zero attached hydrogens (tertiary/aromatic N) is 2. The number of carbonyl (C=O) groups excluding carboxylic acids is 2. The molecular formula is C17H24N4O3. The van der Waals surface area contributed by atoms with Gasteiger partial charge in [0.25, 0.3) is 0 Å². The second-order valence-electron chi connectivity index (χ2n) is 6.62. The van der Waals surface area contributed by atoms with Crippen molar-refractivity contribution in [3.63, 3.8) is 0 Å². The molecule has 0 spiro atoms. The molecule has 2 aliphatic heterocycles. The molecular weight excluding hydrogens is 308 g/mol. The molecule has 0 unspecified atom stereocenters. The molecule has 0 bridgehead atoms. The standard InChI is InChI=1S/C17H24N4O3/c1-9-6-7-11(12(8-9)24-5)14-13-10(2)18-16(22)21(4)15(13)19-17(23)20(14)3/h6-8,10,13-15H,1-5H3,(H,18,22)(H,19,23)/t10-,13+,14+,15-/m0/s1. The number of fused-ring (bicyclic) bond motifs is 1. The molecule has 7 heteroatoms. The molecule has 2 heterocycles. The number of ether oxygens (including phenoxy) is 1. The SMILES string of the molecule is COc1cc(C)ccc1[C@@H]1[C@H]2[C@H](C)NC(=O)N(C)[C@@H]2NC(=O)N1C. The van der Waals surface area contributed by atoms with E-state index < -0.39 is 0 Å². The van der Waals surface area contributed by atoms with Crippen LogP contribution >= 0.6 is 0 Å². The summed E-state index contributed by atoms with van der Waals surface area (Å²) in [7, 11) is 5.11. The van der Waals surface area contributed by atoms with Crippen LogP contribution in [0.2, 0.25) is 0 Å². The molecule has 2 fully saturated rings. The minimum atomic E-state index is -0.353. The largest absolute Gasteiger partial charge is 0.496 e. The highest BCUT2D eigenvalue weighted by atomic mass is 16.5. The summed E-state index contributed by atoms with van der Waals surface area (Å²) >= 11 is 0. The number of aryl methyl sites for hydroxylation is 1. The quantitative estimate of drug-likeness (QED) is 0.865. The van der Waals surface area contributed by atoms with Crippen molar-refractivity contribution < 1.29 is 14.3 Å². The molecule has 1 aromatic carbocycles. The van der Waals surface area contributed by atoms with Gasteiger partial charge in [0, 0.05) is 31.6 Å². The summed E-state index contributed by atoms with van der Waals surface area (Å²) in [5, 5.41) is 5.92. The Bertz CT molecular complexity index is 678. The molecule has 4 amide bonds. The topological polar surface area (TPSA) is 73.9 Å². The van der Waals surface area contributed by atoms with Crippen molar-refractivity contribution in [3.8, 4) is 5.75 Å². The van der Waals surface area contributed by atoms with E-state index in [0.29, 0.717) is 0 Å². The zero-order chi connectivity index (χ0) is 17.6. The summed E-state index contributed by atoms with van der Waals surface area (Å²) in [4.78, 5) is 27.8. The summed E-state index contributed by atoms with van der Waals surface area (Å²) in [5.41, 5.74) is 2.05. The molecule has 2 N–H and O–H groups in total. The summed E-state index contributed by atoms with van der Waals surface area (Å²) in [5.74, 6) is 0.749. The van der Waals surface area contributed by atoms with E-state index in [9.17, 15) is 9.59 Å².